The molecule has 0 bridgehead atoms. The minimum absolute atomic E-state index is 0.349. The molecule has 3 aliphatic carbocycles. The van der Waals surface area contributed by atoms with Crippen LogP contribution >= 0.6 is 0 Å². The summed E-state index contributed by atoms with van der Waals surface area (Å²) in [4.78, 5) is 0. The van der Waals surface area contributed by atoms with Gasteiger partial charge >= 0.3 is 0 Å². The van der Waals surface area contributed by atoms with Gasteiger partial charge in [-0.25, -0.2) is 0 Å². The number of hydrogen-bond acceptors (Lipinski definition) is 0. The summed E-state index contributed by atoms with van der Waals surface area (Å²) in [5.74, 6) is 0.349. The second-order valence-electron chi connectivity index (χ2n) is 6.39. The Morgan fingerprint density at radius 1 is 0.773 bits per heavy atom. The summed E-state index contributed by atoms with van der Waals surface area (Å²) in [6.45, 7) is 0. The van der Waals surface area contributed by atoms with Crippen molar-refractivity contribution in [2.75, 3.05) is 0 Å². The van der Waals surface area contributed by atoms with Gasteiger partial charge in [-0.15, -0.1) is 0 Å². The Kier molecular flexibility index (Phi) is 2.54. The zero-order valence-corrected chi connectivity index (χ0v) is 12.5. The van der Waals surface area contributed by atoms with E-state index in [1.807, 2.05) is 0 Å². The number of fused-ring (bicyclic) bond motifs is 3. The smallest absolute Gasteiger partial charge is 0.0358 e. The van der Waals surface area contributed by atoms with Gasteiger partial charge in [0.2, 0.25) is 0 Å². The van der Waals surface area contributed by atoms with Crippen molar-refractivity contribution in [3.63, 3.8) is 0 Å². The molecule has 0 aliphatic heterocycles. The van der Waals surface area contributed by atoms with E-state index < -0.39 is 0 Å². The molecule has 0 N–H and O–H groups in total. The van der Waals surface area contributed by atoms with E-state index in [1.54, 1.807) is 5.57 Å². The van der Waals surface area contributed by atoms with Crippen LogP contribution in [0.5, 0.6) is 0 Å². The summed E-state index contributed by atoms with van der Waals surface area (Å²) < 4.78 is 0. The van der Waals surface area contributed by atoms with Crippen LogP contribution in [0.3, 0.4) is 0 Å². The molecule has 0 spiro atoms. The van der Waals surface area contributed by atoms with Crippen molar-refractivity contribution in [2.45, 2.75) is 25.2 Å². The fourth-order valence-corrected chi connectivity index (χ4v) is 3.90. The maximum atomic E-state index is 3.70. The van der Waals surface area contributed by atoms with Crippen molar-refractivity contribution < 1.29 is 0 Å². The first-order valence-electron chi connectivity index (χ1n) is 8.14. The molecule has 3 aliphatic rings. The normalized spacial score (nSPS) is 19.0. The van der Waals surface area contributed by atoms with E-state index in [0.29, 0.717) is 5.92 Å². The van der Waals surface area contributed by atoms with Crippen LogP contribution < -0.4 is 0 Å². The highest BCUT2D eigenvalue weighted by Gasteiger charge is 2.31. The van der Waals surface area contributed by atoms with Gasteiger partial charge < -0.3 is 0 Å². The van der Waals surface area contributed by atoms with Gasteiger partial charge in [0.05, 0.1) is 0 Å². The number of hydrogen-bond donors (Lipinski definition) is 0. The lowest BCUT2D eigenvalue weighted by Gasteiger charge is -2.18. The molecule has 0 unspecified atom stereocenters. The van der Waals surface area contributed by atoms with E-state index in [2.05, 4.69) is 66.8 Å². The van der Waals surface area contributed by atoms with Gasteiger partial charge in [0.1, 0.15) is 0 Å². The fraction of sp³-hybridized carbons (Fsp3) is 0.182. The van der Waals surface area contributed by atoms with Crippen LogP contribution in [0.25, 0.3) is 11.1 Å². The average Bonchev–Trinajstić information content (AvgIpc) is 3.08. The van der Waals surface area contributed by atoms with Crippen molar-refractivity contribution in [3.8, 4) is 11.1 Å². The zero-order valence-electron chi connectivity index (χ0n) is 12.5. The molecule has 105 valence electrons. The second-order valence-corrected chi connectivity index (χ2v) is 6.39. The number of allylic oxidation sites excluding steroid dienone is 6. The standard InChI is InChI=1S/C22H17/c1-3-10-20-18(8-1)19-9-2-4-11-21(19)22(20)17-13-12-16(14-17)15-6-5-7-15/h1-4,8-13,22H,5-7H2. The zero-order chi connectivity index (χ0) is 14.5. The van der Waals surface area contributed by atoms with Crippen LogP contribution in [-0.2, 0) is 0 Å². The largest absolute Gasteiger partial charge is 0.0623 e. The van der Waals surface area contributed by atoms with Gasteiger partial charge in [-0.1, -0.05) is 66.3 Å². The molecule has 0 heteroatoms. The van der Waals surface area contributed by atoms with Crippen LogP contribution in [0.15, 0.2) is 77.4 Å². The summed E-state index contributed by atoms with van der Waals surface area (Å²) in [6.07, 6.45) is 12.1. The molecule has 2 aromatic carbocycles. The number of rotatable bonds is 1. The highest BCUT2D eigenvalue weighted by atomic mass is 14.3. The molecule has 1 fully saturated rings. The van der Waals surface area contributed by atoms with E-state index in [-0.39, 0.29) is 0 Å². The molecule has 0 saturated heterocycles. The van der Waals surface area contributed by atoms with Gasteiger partial charge in [0.15, 0.2) is 0 Å². The minimum atomic E-state index is 0.349. The highest BCUT2D eigenvalue weighted by molar-refractivity contribution is 5.81. The van der Waals surface area contributed by atoms with E-state index >= 15 is 0 Å². The van der Waals surface area contributed by atoms with Crippen LogP contribution in [0.1, 0.15) is 36.3 Å². The second kappa shape index (κ2) is 4.58. The lowest BCUT2D eigenvalue weighted by Crippen LogP contribution is -2.00. The van der Waals surface area contributed by atoms with Gasteiger partial charge in [-0.2, -0.15) is 0 Å². The quantitative estimate of drug-likeness (QED) is 0.640. The number of benzene rings is 2. The minimum Gasteiger partial charge on any atom is -0.0623 e. The summed E-state index contributed by atoms with van der Waals surface area (Å²) >= 11 is 0. The summed E-state index contributed by atoms with van der Waals surface area (Å²) in [5.41, 5.74) is 9.89. The SMILES string of the molecule is [C]1=C(C2c3ccccc3-c3ccccc32)C=CC1=C1CCC1. The van der Waals surface area contributed by atoms with Crippen molar-refractivity contribution in [2.24, 2.45) is 0 Å². The Bertz CT molecular complexity index is 810. The predicted octanol–water partition coefficient (Wildman–Crippen LogP) is 5.58. The summed E-state index contributed by atoms with van der Waals surface area (Å²) in [7, 11) is 0. The van der Waals surface area contributed by atoms with E-state index in [4.69, 9.17) is 0 Å². The molecule has 0 heterocycles. The van der Waals surface area contributed by atoms with E-state index in [9.17, 15) is 0 Å². The molecule has 0 nitrogen and oxygen atoms in total. The van der Waals surface area contributed by atoms with E-state index in [0.717, 1.165) is 0 Å². The molecular formula is C22H17. The molecule has 22 heavy (non-hydrogen) atoms. The predicted molar refractivity (Wildman–Crippen MR) is 90.5 cm³/mol. The first-order valence-corrected chi connectivity index (χ1v) is 8.14. The van der Waals surface area contributed by atoms with Crippen molar-refractivity contribution in [1.82, 2.24) is 0 Å². The highest BCUT2D eigenvalue weighted by Crippen LogP contribution is 2.49. The Balaban J connectivity index is 1.68. The third-order valence-electron chi connectivity index (χ3n) is 5.19. The first-order chi connectivity index (χ1) is 10.9. The Labute approximate surface area is 131 Å². The molecule has 5 rings (SSSR count). The maximum Gasteiger partial charge on any atom is 0.0358 e. The van der Waals surface area contributed by atoms with Crippen LogP contribution in [0.2, 0.25) is 0 Å². The third kappa shape index (κ3) is 1.64. The van der Waals surface area contributed by atoms with Gasteiger partial charge in [0, 0.05) is 5.92 Å². The van der Waals surface area contributed by atoms with Crippen LogP contribution in [0.4, 0.5) is 0 Å². The Morgan fingerprint density at radius 3 is 2.00 bits per heavy atom. The Hall–Kier alpha value is -2.34. The maximum absolute atomic E-state index is 3.70. The fourth-order valence-electron chi connectivity index (χ4n) is 3.90. The van der Waals surface area contributed by atoms with Crippen LogP contribution in [0, 0.1) is 6.08 Å². The molecular weight excluding hydrogens is 264 g/mol. The van der Waals surface area contributed by atoms with Crippen molar-refractivity contribution in [1.29, 1.82) is 0 Å². The molecule has 0 amide bonds. The average molecular weight is 281 g/mol. The van der Waals surface area contributed by atoms with Gasteiger partial charge in [-0.3, -0.25) is 0 Å². The van der Waals surface area contributed by atoms with Gasteiger partial charge in [0.25, 0.3) is 0 Å². The van der Waals surface area contributed by atoms with E-state index in [1.165, 1.54) is 52.7 Å². The summed E-state index contributed by atoms with van der Waals surface area (Å²) in [5, 5.41) is 0. The van der Waals surface area contributed by atoms with Gasteiger partial charge in [-0.05, 0) is 58.7 Å². The topological polar surface area (TPSA) is 0 Å². The third-order valence-corrected chi connectivity index (χ3v) is 5.19. The lowest BCUT2D eigenvalue weighted by atomic mass is 9.87. The molecule has 0 atom stereocenters. The molecule has 2 aromatic rings. The van der Waals surface area contributed by atoms with Crippen molar-refractivity contribution >= 4 is 0 Å². The first kappa shape index (κ1) is 12.2. The lowest BCUT2D eigenvalue weighted by molar-refractivity contribution is 0.657. The Morgan fingerprint density at radius 2 is 1.41 bits per heavy atom. The monoisotopic (exact) mass is 281 g/mol. The van der Waals surface area contributed by atoms with Crippen molar-refractivity contribution in [3.05, 3.63) is 94.6 Å². The molecule has 0 aromatic heterocycles. The molecule has 1 radical (unpaired) electrons. The summed E-state index contributed by atoms with van der Waals surface area (Å²) in [6, 6.07) is 17.6. The van der Waals surface area contributed by atoms with Crippen LogP contribution in [-0.4, -0.2) is 0 Å². The molecule has 1 saturated carbocycles.